The third-order valence-electron chi connectivity index (χ3n) is 4.76. The predicted molar refractivity (Wildman–Crippen MR) is 127 cm³/mol. The van der Waals surface area contributed by atoms with E-state index in [9.17, 15) is 10.2 Å². The molecule has 0 saturated heterocycles. The van der Waals surface area contributed by atoms with Gasteiger partial charge in [-0.2, -0.15) is 11.8 Å². The molecule has 4 nitrogen and oxygen atoms in total. The van der Waals surface area contributed by atoms with Crippen LogP contribution in [0.4, 0.5) is 0 Å². The molecule has 0 bridgehead atoms. The molecule has 0 aliphatic heterocycles. The molecule has 30 heavy (non-hydrogen) atoms. The largest absolute Gasteiger partial charge is 0.495 e. The highest BCUT2D eigenvalue weighted by atomic mass is 35.5. The summed E-state index contributed by atoms with van der Waals surface area (Å²) in [7, 11) is 3.05. The van der Waals surface area contributed by atoms with Gasteiger partial charge in [-0.15, -0.1) is 0 Å². The van der Waals surface area contributed by atoms with Gasteiger partial charge >= 0.3 is 0 Å². The molecule has 0 amide bonds. The topological polar surface area (TPSA) is 58.9 Å². The SMILES string of the molecule is COc1c(Cl)cc(C(=CCCCCSC)c2cc(Cl)c(OC)c(CO)c2)cc1CO. The highest BCUT2D eigenvalue weighted by molar-refractivity contribution is 7.98. The first-order chi connectivity index (χ1) is 14.5. The number of aliphatic hydroxyl groups is 2. The molecule has 0 heterocycles. The maximum atomic E-state index is 9.79. The zero-order valence-corrected chi connectivity index (χ0v) is 19.8. The summed E-state index contributed by atoms with van der Waals surface area (Å²) >= 11 is 14.7. The van der Waals surface area contributed by atoms with Crippen molar-refractivity contribution >= 4 is 40.5 Å². The van der Waals surface area contributed by atoms with Crippen LogP contribution in [-0.2, 0) is 13.2 Å². The van der Waals surface area contributed by atoms with Crippen LogP contribution >= 0.6 is 35.0 Å². The van der Waals surface area contributed by atoms with Crippen LogP contribution < -0.4 is 9.47 Å². The van der Waals surface area contributed by atoms with E-state index in [1.165, 1.54) is 14.2 Å². The summed E-state index contributed by atoms with van der Waals surface area (Å²) in [5, 5.41) is 20.4. The maximum absolute atomic E-state index is 9.79. The first-order valence-corrected chi connectivity index (χ1v) is 11.8. The maximum Gasteiger partial charge on any atom is 0.142 e. The molecular weight excluding hydrogens is 443 g/mol. The van der Waals surface area contributed by atoms with Gasteiger partial charge in [-0.3, -0.25) is 0 Å². The van der Waals surface area contributed by atoms with Crippen molar-refractivity contribution in [1.82, 2.24) is 0 Å². The Morgan fingerprint density at radius 3 is 1.80 bits per heavy atom. The molecular formula is C23H28Cl2O4S. The number of hydrogen-bond donors (Lipinski definition) is 2. The standard InChI is InChI=1S/C23H28Cl2O4S/c1-28-22-17(13-26)9-15(11-20(22)24)19(7-5-4-6-8-30-3)16-10-18(14-27)23(29-2)21(25)12-16/h7,9-12,26-27H,4-6,8,13-14H2,1-3H3. The van der Waals surface area contributed by atoms with Crippen LogP contribution in [0.15, 0.2) is 30.3 Å². The normalized spacial score (nSPS) is 10.8. The molecule has 0 fully saturated rings. The monoisotopic (exact) mass is 470 g/mol. The van der Waals surface area contributed by atoms with Crippen LogP contribution in [0.5, 0.6) is 11.5 Å². The summed E-state index contributed by atoms with van der Waals surface area (Å²) in [6.07, 6.45) is 7.32. The molecule has 0 radical (unpaired) electrons. The fourth-order valence-electron chi connectivity index (χ4n) is 3.34. The second-order valence-electron chi connectivity index (χ2n) is 6.72. The van der Waals surface area contributed by atoms with Crippen molar-refractivity contribution in [2.45, 2.75) is 32.5 Å². The van der Waals surface area contributed by atoms with Gasteiger partial charge in [0.25, 0.3) is 0 Å². The van der Waals surface area contributed by atoms with E-state index in [0.717, 1.165) is 41.7 Å². The number of rotatable bonds is 11. The van der Waals surface area contributed by atoms with E-state index in [4.69, 9.17) is 32.7 Å². The van der Waals surface area contributed by atoms with Crippen LogP contribution in [0.3, 0.4) is 0 Å². The molecule has 0 spiro atoms. The third-order valence-corrected chi connectivity index (χ3v) is 6.02. The second-order valence-corrected chi connectivity index (χ2v) is 8.52. The van der Waals surface area contributed by atoms with Crippen LogP contribution in [0.25, 0.3) is 5.57 Å². The van der Waals surface area contributed by atoms with Crippen molar-refractivity contribution in [3.63, 3.8) is 0 Å². The zero-order valence-electron chi connectivity index (χ0n) is 17.5. The molecule has 2 N–H and O–H groups in total. The number of unbranched alkanes of at least 4 members (excludes halogenated alkanes) is 2. The van der Waals surface area contributed by atoms with Gasteiger partial charge in [-0.25, -0.2) is 0 Å². The first kappa shape index (κ1) is 24.9. The van der Waals surface area contributed by atoms with Gasteiger partial charge in [0.15, 0.2) is 0 Å². The lowest BCUT2D eigenvalue weighted by Gasteiger charge is -2.17. The molecule has 0 unspecified atom stereocenters. The Balaban J connectivity index is 2.58. The Hall–Kier alpha value is -1.37. The summed E-state index contributed by atoms with van der Waals surface area (Å²) < 4.78 is 10.7. The van der Waals surface area contributed by atoms with Gasteiger partial charge in [-0.1, -0.05) is 29.3 Å². The lowest BCUT2D eigenvalue weighted by molar-refractivity contribution is 0.273. The molecule has 2 aromatic carbocycles. The molecule has 0 aliphatic carbocycles. The fourth-order valence-corrected chi connectivity index (χ4v) is 4.47. The van der Waals surface area contributed by atoms with Crippen LogP contribution in [-0.4, -0.2) is 36.4 Å². The van der Waals surface area contributed by atoms with Crippen LogP contribution in [0, 0.1) is 0 Å². The molecule has 0 atom stereocenters. The average Bonchev–Trinajstić information content (AvgIpc) is 2.74. The summed E-state index contributed by atoms with van der Waals surface area (Å²) in [5.41, 5.74) is 3.84. The van der Waals surface area contributed by atoms with Gasteiger partial charge in [0.05, 0.1) is 37.5 Å². The van der Waals surface area contributed by atoms with Gasteiger partial charge in [0.2, 0.25) is 0 Å². The minimum atomic E-state index is -0.191. The number of halogens is 2. The van der Waals surface area contributed by atoms with Crippen molar-refractivity contribution in [3.8, 4) is 11.5 Å². The number of ether oxygens (including phenoxy) is 2. The predicted octanol–water partition coefficient (Wildman–Crippen LogP) is 5.96. The first-order valence-electron chi connectivity index (χ1n) is 9.65. The van der Waals surface area contributed by atoms with Gasteiger partial charge in [0, 0.05) is 11.1 Å². The fraction of sp³-hybridized carbons (Fsp3) is 0.391. The molecule has 2 rings (SSSR count). The number of hydrogen-bond acceptors (Lipinski definition) is 5. The zero-order chi connectivity index (χ0) is 22.1. The number of aliphatic hydroxyl groups excluding tert-OH is 2. The Labute approximate surface area is 192 Å². The van der Waals surface area contributed by atoms with Crippen molar-refractivity contribution in [2.75, 3.05) is 26.2 Å². The lowest BCUT2D eigenvalue weighted by atomic mass is 9.93. The average molecular weight is 471 g/mol. The van der Waals surface area contributed by atoms with E-state index in [1.54, 1.807) is 0 Å². The van der Waals surface area contributed by atoms with Crippen molar-refractivity contribution in [2.24, 2.45) is 0 Å². The van der Waals surface area contributed by atoms with Gasteiger partial charge in [-0.05, 0) is 72.2 Å². The summed E-state index contributed by atoms with van der Waals surface area (Å²) in [6.45, 7) is -0.383. The van der Waals surface area contributed by atoms with Gasteiger partial charge < -0.3 is 19.7 Å². The van der Waals surface area contributed by atoms with E-state index in [1.807, 2.05) is 36.0 Å². The Morgan fingerprint density at radius 2 is 1.40 bits per heavy atom. The molecule has 0 saturated carbocycles. The number of benzene rings is 2. The Kier molecular flexibility index (Phi) is 10.4. The van der Waals surface area contributed by atoms with E-state index in [2.05, 4.69) is 12.3 Å². The quantitative estimate of drug-likeness (QED) is 0.396. The molecule has 164 valence electrons. The second kappa shape index (κ2) is 12.5. The molecule has 2 aromatic rings. The van der Waals surface area contributed by atoms with Crippen molar-refractivity contribution < 1.29 is 19.7 Å². The molecule has 7 heteroatoms. The van der Waals surface area contributed by atoms with E-state index < -0.39 is 0 Å². The smallest absolute Gasteiger partial charge is 0.142 e. The minimum absolute atomic E-state index is 0.191. The van der Waals surface area contributed by atoms with Crippen molar-refractivity contribution in [1.29, 1.82) is 0 Å². The Morgan fingerprint density at radius 1 is 0.900 bits per heavy atom. The van der Waals surface area contributed by atoms with Crippen LogP contribution in [0.2, 0.25) is 10.0 Å². The minimum Gasteiger partial charge on any atom is -0.495 e. The van der Waals surface area contributed by atoms with Gasteiger partial charge in [0.1, 0.15) is 11.5 Å². The van der Waals surface area contributed by atoms with Crippen molar-refractivity contribution in [3.05, 3.63) is 62.6 Å². The third kappa shape index (κ3) is 6.08. The summed E-state index contributed by atoms with van der Waals surface area (Å²) in [6, 6.07) is 7.39. The lowest BCUT2D eigenvalue weighted by Crippen LogP contribution is -1.99. The highest BCUT2D eigenvalue weighted by Gasteiger charge is 2.16. The van der Waals surface area contributed by atoms with E-state index in [-0.39, 0.29) is 13.2 Å². The number of methoxy groups -OCH3 is 2. The van der Waals surface area contributed by atoms with Crippen LogP contribution in [0.1, 0.15) is 41.5 Å². The Bertz CT molecular complexity index is 820. The molecule has 0 aromatic heterocycles. The number of allylic oxidation sites excluding steroid dienone is 1. The number of thioether (sulfide) groups is 1. The summed E-state index contributed by atoms with van der Waals surface area (Å²) in [5.74, 6) is 2.05. The van der Waals surface area contributed by atoms with E-state index in [0.29, 0.717) is 32.7 Å². The summed E-state index contributed by atoms with van der Waals surface area (Å²) in [4.78, 5) is 0. The van der Waals surface area contributed by atoms with E-state index >= 15 is 0 Å². The molecule has 0 aliphatic rings. The highest BCUT2D eigenvalue weighted by Crippen LogP contribution is 2.38.